The third kappa shape index (κ3) is 2.33. The lowest BCUT2D eigenvalue weighted by molar-refractivity contribution is -0.152. The molecule has 2 fully saturated rings. The fraction of sp³-hybridized carbons (Fsp3) is 1.00. The minimum Gasteiger partial charge on any atom is -0.381 e. The van der Waals surface area contributed by atoms with Crippen molar-refractivity contribution in [1.29, 1.82) is 0 Å². The third-order valence-electron chi connectivity index (χ3n) is 5.32. The summed E-state index contributed by atoms with van der Waals surface area (Å²) in [4.78, 5) is 2.76. The van der Waals surface area contributed by atoms with Gasteiger partial charge in [-0.15, -0.1) is 0 Å². The zero-order valence-corrected chi connectivity index (χ0v) is 12.7. The molecule has 0 spiro atoms. The highest BCUT2D eigenvalue weighted by molar-refractivity contribution is 5.06. The summed E-state index contributed by atoms with van der Waals surface area (Å²) in [5.41, 5.74) is 0.303. The molecule has 106 valence electrons. The van der Waals surface area contributed by atoms with Crippen LogP contribution in [0, 0.1) is 5.41 Å². The molecule has 1 heterocycles. The van der Waals surface area contributed by atoms with Gasteiger partial charge in [0.15, 0.2) is 0 Å². The van der Waals surface area contributed by atoms with Gasteiger partial charge in [-0.2, -0.15) is 0 Å². The summed E-state index contributed by atoms with van der Waals surface area (Å²) in [6.07, 6.45) is 4.12. The van der Waals surface area contributed by atoms with Gasteiger partial charge in [0.25, 0.3) is 0 Å². The molecule has 2 aliphatic rings. The Morgan fingerprint density at radius 2 is 2.00 bits per heavy atom. The van der Waals surface area contributed by atoms with Crippen molar-refractivity contribution < 1.29 is 4.74 Å². The Kier molecular flexibility index (Phi) is 4.35. The Hall–Kier alpha value is -0.120. The maximum Gasteiger partial charge on any atom is 0.0652 e. The van der Waals surface area contributed by atoms with Crippen LogP contribution < -0.4 is 5.32 Å². The molecule has 1 aliphatic carbocycles. The van der Waals surface area contributed by atoms with Gasteiger partial charge in [0.2, 0.25) is 0 Å². The Labute approximate surface area is 112 Å². The predicted molar refractivity (Wildman–Crippen MR) is 75.8 cm³/mol. The van der Waals surface area contributed by atoms with Crippen molar-refractivity contribution in [1.82, 2.24) is 10.2 Å². The van der Waals surface area contributed by atoms with E-state index in [1.807, 2.05) is 7.11 Å². The summed E-state index contributed by atoms with van der Waals surface area (Å²) in [7, 11) is 1.85. The van der Waals surface area contributed by atoms with Crippen molar-refractivity contribution in [2.24, 2.45) is 5.41 Å². The second-order valence-electron chi connectivity index (χ2n) is 6.57. The van der Waals surface area contributed by atoms with E-state index < -0.39 is 0 Å². The summed E-state index contributed by atoms with van der Waals surface area (Å²) in [5, 5.41) is 3.68. The maximum absolute atomic E-state index is 5.60. The fourth-order valence-electron chi connectivity index (χ4n) is 3.75. The Morgan fingerprint density at radius 1 is 1.28 bits per heavy atom. The quantitative estimate of drug-likeness (QED) is 0.833. The molecule has 1 saturated heterocycles. The van der Waals surface area contributed by atoms with Gasteiger partial charge in [0.05, 0.1) is 6.10 Å². The highest BCUT2D eigenvalue weighted by Crippen LogP contribution is 2.46. The molecule has 0 aromatic heterocycles. The summed E-state index contributed by atoms with van der Waals surface area (Å²) in [6, 6.07) is 2.07. The van der Waals surface area contributed by atoms with E-state index in [-0.39, 0.29) is 0 Å². The lowest BCUT2D eigenvalue weighted by atomic mass is 9.63. The van der Waals surface area contributed by atoms with Crippen LogP contribution in [0.15, 0.2) is 0 Å². The van der Waals surface area contributed by atoms with E-state index in [2.05, 4.69) is 37.9 Å². The summed E-state index contributed by atoms with van der Waals surface area (Å²) in [5.74, 6) is 0. The molecule has 4 unspecified atom stereocenters. The van der Waals surface area contributed by atoms with Gasteiger partial charge >= 0.3 is 0 Å². The minimum absolute atomic E-state index is 0.303. The van der Waals surface area contributed by atoms with Crippen LogP contribution in [-0.2, 0) is 4.74 Å². The van der Waals surface area contributed by atoms with Gasteiger partial charge in [-0.25, -0.2) is 0 Å². The molecular weight excluding hydrogens is 224 g/mol. The number of ether oxygens (including phenoxy) is 1. The van der Waals surface area contributed by atoms with Gasteiger partial charge in [0.1, 0.15) is 0 Å². The molecule has 0 amide bonds. The summed E-state index contributed by atoms with van der Waals surface area (Å²) in [6.45, 7) is 11.7. The van der Waals surface area contributed by atoms with E-state index in [1.54, 1.807) is 0 Å². The maximum atomic E-state index is 5.60. The van der Waals surface area contributed by atoms with Crippen LogP contribution in [0.5, 0.6) is 0 Å². The molecule has 1 saturated carbocycles. The highest BCUT2D eigenvalue weighted by Gasteiger charge is 2.52. The van der Waals surface area contributed by atoms with Gasteiger partial charge in [-0.3, -0.25) is 4.90 Å². The molecule has 3 nitrogen and oxygen atoms in total. The van der Waals surface area contributed by atoms with E-state index in [0.717, 1.165) is 6.54 Å². The molecule has 0 aromatic carbocycles. The first kappa shape index (κ1) is 14.3. The Balaban J connectivity index is 2.05. The largest absolute Gasteiger partial charge is 0.381 e. The van der Waals surface area contributed by atoms with E-state index in [4.69, 9.17) is 4.74 Å². The SMILES string of the molecule is CCC1CN(C2CC(OC)C2(C)C)C(CC)CN1. The molecule has 0 radical (unpaired) electrons. The van der Waals surface area contributed by atoms with Crippen LogP contribution in [0.4, 0.5) is 0 Å². The molecule has 0 aromatic rings. The van der Waals surface area contributed by atoms with Crippen molar-refractivity contribution in [2.75, 3.05) is 20.2 Å². The van der Waals surface area contributed by atoms with Crippen molar-refractivity contribution in [3.05, 3.63) is 0 Å². The van der Waals surface area contributed by atoms with Crippen LogP contribution in [-0.4, -0.2) is 49.3 Å². The normalized spacial score (nSPS) is 40.5. The van der Waals surface area contributed by atoms with Gasteiger partial charge < -0.3 is 10.1 Å². The molecule has 1 N–H and O–H groups in total. The number of rotatable bonds is 4. The first-order valence-electron chi connectivity index (χ1n) is 7.56. The average molecular weight is 254 g/mol. The minimum atomic E-state index is 0.303. The smallest absolute Gasteiger partial charge is 0.0652 e. The van der Waals surface area contributed by atoms with Crippen LogP contribution in [0.3, 0.4) is 0 Å². The average Bonchev–Trinajstić information content (AvgIpc) is 2.37. The monoisotopic (exact) mass is 254 g/mol. The van der Waals surface area contributed by atoms with Crippen molar-refractivity contribution >= 4 is 0 Å². The van der Waals surface area contributed by atoms with E-state index in [9.17, 15) is 0 Å². The van der Waals surface area contributed by atoms with Crippen LogP contribution in [0.2, 0.25) is 0 Å². The van der Waals surface area contributed by atoms with Gasteiger partial charge in [-0.05, 0) is 19.3 Å². The van der Waals surface area contributed by atoms with Gasteiger partial charge in [-0.1, -0.05) is 27.7 Å². The highest BCUT2D eigenvalue weighted by atomic mass is 16.5. The first-order valence-corrected chi connectivity index (χ1v) is 7.56. The predicted octanol–water partition coefficient (Wildman–Crippen LogP) is 2.26. The lowest BCUT2D eigenvalue weighted by Crippen LogP contribution is -2.68. The molecule has 4 atom stereocenters. The molecule has 0 bridgehead atoms. The number of piperazine rings is 1. The number of hydrogen-bond donors (Lipinski definition) is 1. The molecule has 2 rings (SSSR count). The fourth-order valence-corrected chi connectivity index (χ4v) is 3.75. The standard InChI is InChI=1S/C15H30N2O/c1-6-11-10-17(12(7-2)9-16-11)13-8-14(18-5)15(13,3)4/h11-14,16H,6-10H2,1-5H3. The molecule has 3 heteroatoms. The number of methoxy groups -OCH3 is 1. The van der Waals surface area contributed by atoms with E-state index in [1.165, 1.54) is 25.8 Å². The van der Waals surface area contributed by atoms with Crippen LogP contribution in [0.25, 0.3) is 0 Å². The second-order valence-corrected chi connectivity index (χ2v) is 6.57. The summed E-state index contributed by atoms with van der Waals surface area (Å²) >= 11 is 0. The zero-order chi connectivity index (χ0) is 13.3. The van der Waals surface area contributed by atoms with Crippen molar-refractivity contribution in [3.8, 4) is 0 Å². The van der Waals surface area contributed by atoms with E-state index in [0.29, 0.717) is 29.6 Å². The Bertz CT molecular complexity index is 280. The van der Waals surface area contributed by atoms with E-state index >= 15 is 0 Å². The second kappa shape index (κ2) is 5.48. The lowest BCUT2D eigenvalue weighted by Gasteiger charge is -2.59. The van der Waals surface area contributed by atoms with Crippen LogP contribution in [0.1, 0.15) is 47.0 Å². The third-order valence-corrected chi connectivity index (χ3v) is 5.32. The number of nitrogens with one attached hydrogen (secondary N) is 1. The van der Waals surface area contributed by atoms with Crippen molar-refractivity contribution in [2.45, 2.75) is 71.2 Å². The molecule has 18 heavy (non-hydrogen) atoms. The zero-order valence-electron chi connectivity index (χ0n) is 12.7. The number of nitrogens with zero attached hydrogens (tertiary/aromatic N) is 1. The van der Waals surface area contributed by atoms with Crippen LogP contribution >= 0.6 is 0 Å². The Morgan fingerprint density at radius 3 is 2.50 bits per heavy atom. The number of hydrogen-bond acceptors (Lipinski definition) is 3. The summed E-state index contributed by atoms with van der Waals surface area (Å²) < 4.78 is 5.60. The van der Waals surface area contributed by atoms with Gasteiger partial charge in [0, 0.05) is 43.7 Å². The van der Waals surface area contributed by atoms with Crippen molar-refractivity contribution in [3.63, 3.8) is 0 Å². The molecule has 1 aliphatic heterocycles. The molecular formula is C15H30N2O. The first-order chi connectivity index (χ1) is 8.54. The topological polar surface area (TPSA) is 24.5 Å².